The van der Waals surface area contributed by atoms with Crippen molar-refractivity contribution in [1.29, 1.82) is 0 Å². The third-order valence-electron chi connectivity index (χ3n) is 3.54. The van der Waals surface area contributed by atoms with Crippen LogP contribution in [0, 0.1) is 0 Å². The molecule has 2 heterocycles. The first kappa shape index (κ1) is 18.4. The van der Waals surface area contributed by atoms with E-state index in [1.165, 1.54) is 11.8 Å². The average Bonchev–Trinajstić information content (AvgIpc) is 3.04. The van der Waals surface area contributed by atoms with E-state index in [1.807, 2.05) is 16.7 Å². The maximum atomic E-state index is 12.2. The number of nitrogens with one attached hydrogen (secondary N) is 1. The zero-order valence-corrected chi connectivity index (χ0v) is 15.8. The van der Waals surface area contributed by atoms with Crippen molar-refractivity contribution in [2.75, 3.05) is 11.1 Å². The van der Waals surface area contributed by atoms with Crippen molar-refractivity contribution >= 4 is 35.0 Å². The number of benzene rings is 1. The van der Waals surface area contributed by atoms with Gasteiger partial charge in [0.2, 0.25) is 5.91 Å². The molecule has 6 nitrogen and oxygen atoms in total. The molecule has 0 aliphatic heterocycles. The number of anilines is 1. The molecule has 134 valence electrons. The zero-order valence-electron chi connectivity index (χ0n) is 14.2. The SMILES string of the molecule is CCCn1c(SCC(=O)Nc2cccc(Cl)c2)nnc1-c1ccncc1. The molecule has 0 saturated heterocycles. The second-order valence-corrected chi connectivity index (χ2v) is 6.92. The lowest BCUT2D eigenvalue weighted by Gasteiger charge is -2.09. The van der Waals surface area contributed by atoms with Crippen molar-refractivity contribution < 1.29 is 4.79 Å². The molecule has 1 N–H and O–H groups in total. The number of aromatic nitrogens is 4. The van der Waals surface area contributed by atoms with E-state index in [9.17, 15) is 4.79 Å². The molecule has 0 atom stereocenters. The first-order valence-corrected chi connectivity index (χ1v) is 9.55. The van der Waals surface area contributed by atoms with E-state index in [-0.39, 0.29) is 11.7 Å². The summed E-state index contributed by atoms with van der Waals surface area (Å²) in [6.07, 6.45) is 4.40. The number of carbonyl (C=O) groups is 1. The Kier molecular flexibility index (Phi) is 6.25. The smallest absolute Gasteiger partial charge is 0.234 e. The van der Waals surface area contributed by atoms with Gasteiger partial charge in [-0.15, -0.1) is 10.2 Å². The summed E-state index contributed by atoms with van der Waals surface area (Å²) in [5.41, 5.74) is 1.63. The highest BCUT2D eigenvalue weighted by Gasteiger charge is 2.15. The van der Waals surface area contributed by atoms with Crippen molar-refractivity contribution in [3.8, 4) is 11.4 Å². The maximum Gasteiger partial charge on any atom is 0.234 e. The van der Waals surface area contributed by atoms with Gasteiger partial charge >= 0.3 is 0 Å². The highest BCUT2D eigenvalue weighted by Crippen LogP contribution is 2.24. The molecule has 0 radical (unpaired) electrons. The molecule has 0 saturated carbocycles. The lowest BCUT2D eigenvalue weighted by Crippen LogP contribution is -2.14. The van der Waals surface area contributed by atoms with Crippen LogP contribution in [0.15, 0.2) is 53.9 Å². The van der Waals surface area contributed by atoms with Crippen molar-refractivity contribution in [2.24, 2.45) is 0 Å². The van der Waals surface area contributed by atoms with Crippen LogP contribution in [0.1, 0.15) is 13.3 Å². The molecule has 0 aliphatic rings. The molecule has 8 heteroatoms. The number of rotatable bonds is 7. The van der Waals surface area contributed by atoms with Crippen molar-refractivity contribution in [1.82, 2.24) is 19.7 Å². The van der Waals surface area contributed by atoms with Crippen LogP contribution in [0.25, 0.3) is 11.4 Å². The van der Waals surface area contributed by atoms with E-state index >= 15 is 0 Å². The van der Waals surface area contributed by atoms with Gasteiger partial charge in [-0.1, -0.05) is 36.4 Å². The standard InChI is InChI=1S/C18H18ClN5OS/c1-2-10-24-17(13-6-8-20-9-7-13)22-23-18(24)26-12-16(25)21-15-5-3-4-14(19)11-15/h3-9,11H,2,10,12H2,1H3,(H,21,25). The van der Waals surface area contributed by atoms with E-state index < -0.39 is 0 Å². The molecule has 3 rings (SSSR count). The second kappa shape index (κ2) is 8.82. The fraction of sp³-hybridized carbons (Fsp3) is 0.222. The third-order valence-corrected chi connectivity index (χ3v) is 4.75. The number of thioether (sulfide) groups is 1. The van der Waals surface area contributed by atoms with Crippen LogP contribution in [0.4, 0.5) is 5.69 Å². The summed E-state index contributed by atoms with van der Waals surface area (Å²) >= 11 is 7.30. The Morgan fingerprint density at radius 1 is 1.23 bits per heavy atom. The van der Waals surface area contributed by atoms with Crippen molar-refractivity contribution in [2.45, 2.75) is 25.0 Å². The van der Waals surface area contributed by atoms with Gasteiger partial charge in [-0.2, -0.15) is 0 Å². The van der Waals surface area contributed by atoms with E-state index in [2.05, 4.69) is 27.4 Å². The Hall–Kier alpha value is -2.38. The van der Waals surface area contributed by atoms with Gasteiger partial charge in [0, 0.05) is 35.2 Å². The summed E-state index contributed by atoms with van der Waals surface area (Å²) < 4.78 is 2.03. The minimum atomic E-state index is -0.117. The van der Waals surface area contributed by atoms with Gasteiger partial charge in [-0.25, -0.2) is 0 Å². The summed E-state index contributed by atoms with van der Waals surface area (Å²) in [4.78, 5) is 16.2. The van der Waals surface area contributed by atoms with Gasteiger partial charge in [-0.3, -0.25) is 9.78 Å². The van der Waals surface area contributed by atoms with Gasteiger partial charge in [0.05, 0.1) is 5.75 Å². The van der Waals surface area contributed by atoms with Gasteiger partial charge in [0.25, 0.3) is 0 Å². The van der Waals surface area contributed by atoms with E-state index in [0.717, 1.165) is 29.5 Å². The molecule has 0 aliphatic carbocycles. The lowest BCUT2D eigenvalue weighted by molar-refractivity contribution is -0.113. The maximum absolute atomic E-state index is 12.2. The summed E-state index contributed by atoms with van der Waals surface area (Å²) in [6, 6.07) is 10.9. The fourth-order valence-electron chi connectivity index (χ4n) is 2.43. The van der Waals surface area contributed by atoms with Gasteiger partial charge < -0.3 is 9.88 Å². The van der Waals surface area contributed by atoms with E-state index in [1.54, 1.807) is 36.7 Å². The Morgan fingerprint density at radius 2 is 2.04 bits per heavy atom. The van der Waals surface area contributed by atoms with Crippen LogP contribution in [-0.4, -0.2) is 31.4 Å². The first-order chi connectivity index (χ1) is 12.7. The fourth-order valence-corrected chi connectivity index (χ4v) is 3.38. The minimum absolute atomic E-state index is 0.117. The molecule has 0 spiro atoms. The molecule has 1 amide bonds. The minimum Gasteiger partial charge on any atom is -0.325 e. The summed E-state index contributed by atoms with van der Waals surface area (Å²) in [7, 11) is 0. The van der Waals surface area contributed by atoms with Crippen LogP contribution < -0.4 is 5.32 Å². The van der Waals surface area contributed by atoms with Crippen LogP contribution >= 0.6 is 23.4 Å². The largest absolute Gasteiger partial charge is 0.325 e. The highest BCUT2D eigenvalue weighted by molar-refractivity contribution is 7.99. The summed E-state index contributed by atoms with van der Waals surface area (Å²) in [5.74, 6) is 0.908. The number of nitrogens with zero attached hydrogens (tertiary/aromatic N) is 4. The summed E-state index contributed by atoms with van der Waals surface area (Å²) in [5, 5.41) is 12.7. The zero-order chi connectivity index (χ0) is 18.4. The number of halogens is 1. The van der Waals surface area contributed by atoms with Crippen molar-refractivity contribution in [3.05, 3.63) is 53.8 Å². The molecule has 0 unspecified atom stereocenters. The molecule has 1 aromatic carbocycles. The molecule has 2 aromatic heterocycles. The predicted molar refractivity (Wildman–Crippen MR) is 104 cm³/mol. The average molecular weight is 388 g/mol. The van der Waals surface area contributed by atoms with Crippen molar-refractivity contribution in [3.63, 3.8) is 0 Å². The number of carbonyl (C=O) groups excluding carboxylic acids is 1. The molecular weight excluding hydrogens is 370 g/mol. The first-order valence-electron chi connectivity index (χ1n) is 8.19. The molecule has 3 aromatic rings. The Morgan fingerprint density at radius 3 is 2.77 bits per heavy atom. The molecule has 0 bridgehead atoms. The van der Waals surface area contributed by atoms with Gasteiger partial charge in [-0.05, 0) is 36.8 Å². The number of pyridine rings is 1. The highest BCUT2D eigenvalue weighted by atomic mass is 35.5. The third kappa shape index (κ3) is 4.62. The molecule has 26 heavy (non-hydrogen) atoms. The Labute approximate surface area is 161 Å². The quantitative estimate of drug-likeness (QED) is 0.617. The monoisotopic (exact) mass is 387 g/mol. The Bertz CT molecular complexity index is 884. The van der Waals surface area contributed by atoms with E-state index in [0.29, 0.717) is 10.7 Å². The summed E-state index contributed by atoms with van der Waals surface area (Å²) in [6.45, 7) is 2.87. The molecular formula is C18H18ClN5OS. The Balaban J connectivity index is 1.69. The normalized spacial score (nSPS) is 10.7. The van der Waals surface area contributed by atoms with Crippen LogP contribution in [-0.2, 0) is 11.3 Å². The lowest BCUT2D eigenvalue weighted by atomic mass is 10.2. The predicted octanol–water partition coefficient (Wildman–Crippen LogP) is 4.13. The number of amides is 1. The molecule has 0 fully saturated rings. The van der Waals surface area contributed by atoms with Gasteiger partial charge in [0.15, 0.2) is 11.0 Å². The van der Waals surface area contributed by atoms with E-state index in [4.69, 9.17) is 11.6 Å². The van der Waals surface area contributed by atoms with Crippen LogP contribution in [0.2, 0.25) is 5.02 Å². The second-order valence-electron chi connectivity index (χ2n) is 5.54. The van der Waals surface area contributed by atoms with Gasteiger partial charge in [0.1, 0.15) is 0 Å². The number of hydrogen-bond acceptors (Lipinski definition) is 5. The van der Waals surface area contributed by atoms with Crippen LogP contribution in [0.5, 0.6) is 0 Å². The number of hydrogen-bond donors (Lipinski definition) is 1. The topological polar surface area (TPSA) is 72.7 Å². The van der Waals surface area contributed by atoms with Crippen LogP contribution in [0.3, 0.4) is 0 Å².